The summed E-state index contributed by atoms with van der Waals surface area (Å²) in [7, 11) is 3.99. The largest absolute Gasteiger partial charge is 0.399 e. The van der Waals surface area contributed by atoms with Gasteiger partial charge in [-0.05, 0) is 50.2 Å². The number of likely N-dealkylation sites (tertiary alicyclic amines) is 1. The zero-order chi connectivity index (χ0) is 14.5. The lowest BCUT2D eigenvalue weighted by atomic mass is 10.0. The molecular formula is C16H23N3O. The molecule has 20 heavy (non-hydrogen) atoms. The molecule has 0 aromatic heterocycles. The lowest BCUT2D eigenvalue weighted by molar-refractivity contribution is -0.127. The standard InChI is InChI=1S/C16H23N3O/c1-18-10-4-7-15(12-18)19(2)16(20)9-8-13-5-3-6-14(17)11-13/h3,5-6,8-9,11,15H,4,7,10,12,17H2,1-2H3/b9-8+. The number of nitrogens with two attached hydrogens (primary N) is 1. The van der Waals surface area contributed by atoms with Crippen LogP contribution in [0.5, 0.6) is 0 Å². The summed E-state index contributed by atoms with van der Waals surface area (Å²) in [6.07, 6.45) is 5.68. The van der Waals surface area contributed by atoms with Crippen molar-refractivity contribution in [1.82, 2.24) is 9.80 Å². The van der Waals surface area contributed by atoms with Gasteiger partial charge in [-0.25, -0.2) is 0 Å². The van der Waals surface area contributed by atoms with Crippen molar-refractivity contribution >= 4 is 17.7 Å². The molecule has 2 rings (SSSR count). The molecule has 0 radical (unpaired) electrons. The first-order valence-electron chi connectivity index (χ1n) is 7.05. The van der Waals surface area contributed by atoms with E-state index in [2.05, 4.69) is 11.9 Å². The number of benzene rings is 1. The molecule has 1 amide bonds. The molecule has 2 N–H and O–H groups in total. The van der Waals surface area contributed by atoms with Gasteiger partial charge < -0.3 is 15.5 Å². The zero-order valence-corrected chi connectivity index (χ0v) is 12.2. The minimum Gasteiger partial charge on any atom is -0.399 e. The Kier molecular flexibility index (Phi) is 4.79. The number of nitrogen functional groups attached to an aromatic ring is 1. The van der Waals surface area contributed by atoms with E-state index in [1.54, 1.807) is 6.08 Å². The summed E-state index contributed by atoms with van der Waals surface area (Å²) in [6, 6.07) is 7.83. The minimum absolute atomic E-state index is 0.0488. The van der Waals surface area contributed by atoms with Crippen LogP contribution in [-0.2, 0) is 4.79 Å². The van der Waals surface area contributed by atoms with Crippen LogP contribution in [0.25, 0.3) is 6.08 Å². The molecule has 0 aliphatic carbocycles. The quantitative estimate of drug-likeness (QED) is 0.675. The van der Waals surface area contributed by atoms with Gasteiger partial charge in [0.1, 0.15) is 0 Å². The third-order valence-electron chi connectivity index (χ3n) is 3.82. The van der Waals surface area contributed by atoms with Crippen LogP contribution in [0.4, 0.5) is 5.69 Å². The molecule has 4 nitrogen and oxygen atoms in total. The number of nitrogens with zero attached hydrogens (tertiary/aromatic N) is 2. The van der Waals surface area contributed by atoms with Crippen molar-refractivity contribution in [2.24, 2.45) is 0 Å². The van der Waals surface area contributed by atoms with Crippen molar-refractivity contribution in [1.29, 1.82) is 0 Å². The molecule has 1 atom stereocenters. The van der Waals surface area contributed by atoms with E-state index in [4.69, 9.17) is 5.73 Å². The summed E-state index contributed by atoms with van der Waals surface area (Å²) in [5, 5.41) is 0. The number of likely N-dealkylation sites (N-methyl/N-ethyl adjacent to an activating group) is 2. The van der Waals surface area contributed by atoms with E-state index in [0.717, 1.165) is 31.5 Å². The van der Waals surface area contributed by atoms with Crippen LogP contribution < -0.4 is 5.73 Å². The Labute approximate surface area is 120 Å². The normalized spacial score (nSPS) is 20.2. The van der Waals surface area contributed by atoms with Crippen molar-refractivity contribution in [3.05, 3.63) is 35.9 Å². The molecule has 1 heterocycles. The van der Waals surface area contributed by atoms with Crippen molar-refractivity contribution < 1.29 is 4.79 Å². The molecule has 4 heteroatoms. The monoisotopic (exact) mass is 273 g/mol. The number of hydrogen-bond donors (Lipinski definition) is 1. The van der Waals surface area contributed by atoms with E-state index in [1.165, 1.54) is 0 Å². The van der Waals surface area contributed by atoms with Crippen LogP contribution in [0.1, 0.15) is 18.4 Å². The van der Waals surface area contributed by atoms with Crippen LogP contribution >= 0.6 is 0 Å². The zero-order valence-electron chi connectivity index (χ0n) is 12.2. The van der Waals surface area contributed by atoms with Crippen molar-refractivity contribution in [2.75, 3.05) is 32.9 Å². The second-order valence-corrected chi connectivity index (χ2v) is 5.51. The highest BCUT2D eigenvalue weighted by molar-refractivity contribution is 5.91. The lowest BCUT2D eigenvalue weighted by Gasteiger charge is -2.35. The second-order valence-electron chi connectivity index (χ2n) is 5.51. The number of carbonyl (C=O) groups is 1. The fraction of sp³-hybridized carbons (Fsp3) is 0.438. The fourth-order valence-electron chi connectivity index (χ4n) is 2.58. The Balaban J connectivity index is 1.97. The van der Waals surface area contributed by atoms with E-state index < -0.39 is 0 Å². The van der Waals surface area contributed by atoms with Gasteiger partial charge >= 0.3 is 0 Å². The summed E-state index contributed by atoms with van der Waals surface area (Å²) < 4.78 is 0. The molecule has 0 bridgehead atoms. The van der Waals surface area contributed by atoms with Gasteiger partial charge in [0.2, 0.25) is 5.91 Å². The molecule has 0 spiro atoms. The number of carbonyl (C=O) groups excluding carboxylic acids is 1. The SMILES string of the molecule is CN1CCCC(N(C)C(=O)/C=C/c2cccc(N)c2)C1. The molecule has 1 fully saturated rings. The number of piperidine rings is 1. The smallest absolute Gasteiger partial charge is 0.246 e. The van der Waals surface area contributed by atoms with Crippen molar-refractivity contribution in [2.45, 2.75) is 18.9 Å². The predicted octanol–water partition coefficient (Wildman–Crippen LogP) is 1.83. The second kappa shape index (κ2) is 6.57. The summed E-state index contributed by atoms with van der Waals surface area (Å²) in [5.41, 5.74) is 7.38. The topological polar surface area (TPSA) is 49.6 Å². The van der Waals surface area contributed by atoms with Gasteiger partial charge in [0.25, 0.3) is 0 Å². The average Bonchev–Trinajstić information content (AvgIpc) is 2.44. The van der Waals surface area contributed by atoms with Gasteiger partial charge in [0.15, 0.2) is 0 Å². The molecule has 0 saturated carbocycles. The molecule has 1 aromatic carbocycles. The Morgan fingerprint density at radius 1 is 1.50 bits per heavy atom. The van der Waals surface area contributed by atoms with E-state index in [-0.39, 0.29) is 5.91 Å². The summed E-state index contributed by atoms with van der Waals surface area (Å²) in [4.78, 5) is 16.3. The molecular weight excluding hydrogens is 250 g/mol. The molecule has 1 unspecified atom stereocenters. The summed E-state index contributed by atoms with van der Waals surface area (Å²) in [6.45, 7) is 2.08. The number of amides is 1. The maximum atomic E-state index is 12.2. The van der Waals surface area contributed by atoms with Crippen molar-refractivity contribution in [3.63, 3.8) is 0 Å². The first-order chi connectivity index (χ1) is 9.56. The average molecular weight is 273 g/mol. The van der Waals surface area contributed by atoms with Gasteiger partial charge in [-0.2, -0.15) is 0 Å². The van der Waals surface area contributed by atoms with Gasteiger partial charge in [-0.15, -0.1) is 0 Å². The Bertz CT molecular complexity index is 498. The Morgan fingerprint density at radius 3 is 3.00 bits per heavy atom. The molecule has 1 aromatic rings. The molecule has 1 aliphatic rings. The van der Waals surface area contributed by atoms with E-state index >= 15 is 0 Å². The summed E-state index contributed by atoms with van der Waals surface area (Å²) >= 11 is 0. The number of hydrogen-bond acceptors (Lipinski definition) is 3. The van der Waals surface area contributed by atoms with E-state index in [1.807, 2.05) is 42.3 Å². The van der Waals surface area contributed by atoms with Crippen LogP contribution in [0, 0.1) is 0 Å². The van der Waals surface area contributed by atoms with Crippen molar-refractivity contribution in [3.8, 4) is 0 Å². The highest BCUT2D eigenvalue weighted by Crippen LogP contribution is 2.14. The number of anilines is 1. The van der Waals surface area contributed by atoms with Gasteiger partial charge in [-0.1, -0.05) is 12.1 Å². The first-order valence-corrected chi connectivity index (χ1v) is 7.05. The van der Waals surface area contributed by atoms with Crippen LogP contribution in [0.15, 0.2) is 30.3 Å². The molecule has 108 valence electrons. The molecule has 1 aliphatic heterocycles. The van der Waals surface area contributed by atoms with Gasteiger partial charge in [0.05, 0.1) is 0 Å². The number of rotatable bonds is 3. The maximum absolute atomic E-state index is 12.2. The highest BCUT2D eigenvalue weighted by atomic mass is 16.2. The van der Waals surface area contributed by atoms with Gasteiger partial charge in [-0.3, -0.25) is 4.79 Å². The van der Waals surface area contributed by atoms with E-state index in [0.29, 0.717) is 11.7 Å². The third kappa shape index (κ3) is 3.84. The Hall–Kier alpha value is -1.81. The maximum Gasteiger partial charge on any atom is 0.246 e. The Morgan fingerprint density at radius 2 is 2.30 bits per heavy atom. The minimum atomic E-state index is 0.0488. The van der Waals surface area contributed by atoms with Gasteiger partial charge in [0, 0.05) is 31.4 Å². The summed E-state index contributed by atoms with van der Waals surface area (Å²) in [5.74, 6) is 0.0488. The lowest BCUT2D eigenvalue weighted by Crippen LogP contribution is -2.46. The van der Waals surface area contributed by atoms with Crippen LogP contribution in [-0.4, -0.2) is 48.9 Å². The predicted molar refractivity (Wildman–Crippen MR) is 83.2 cm³/mol. The first kappa shape index (κ1) is 14.6. The third-order valence-corrected chi connectivity index (χ3v) is 3.82. The van der Waals surface area contributed by atoms with E-state index in [9.17, 15) is 4.79 Å². The molecule has 1 saturated heterocycles. The van der Waals surface area contributed by atoms with Crippen LogP contribution in [0.2, 0.25) is 0 Å². The fourth-order valence-corrected chi connectivity index (χ4v) is 2.58. The van der Waals surface area contributed by atoms with Crippen LogP contribution in [0.3, 0.4) is 0 Å². The highest BCUT2D eigenvalue weighted by Gasteiger charge is 2.23.